The van der Waals surface area contributed by atoms with Gasteiger partial charge in [-0.3, -0.25) is 9.69 Å². The molecule has 1 aliphatic heterocycles. The molecule has 4 nitrogen and oxygen atoms in total. The van der Waals surface area contributed by atoms with Crippen molar-refractivity contribution in [1.29, 1.82) is 0 Å². The zero-order valence-corrected chi connectivity index (χ0v) is 18.0. The second-order valence-corrected chi connectivity index (χ2v) is 8.27. The van der Waals surface area contributed by atoms with Crippen molar-refractivity contribution < 1.29 is 4.79 Å². The lowest BCUT2D eigenvalue weighted by molar-refractivity contribution is -0.121. The molecule has 1 amide bonds. The molecule has 4 rings (SSSR count). The lowest BCUT2D eigenvalue weighted by Crippen LogP contribution is -2.35. The van der Waals surface area contributed by atoms with Crippen molar-refractivity contribution in [3.63, 3.8) is 0 Å². The van der Waals surface area contributed by atoms with Crippen molar-refractivity contribution in [3.05, 3.63) is 101 Å². The molecule has 1 aliphatic rings. The number of fused-ring (bicyclic) bond motifs is 1. The second kappa shape index (κ2) is 10.3. The summed E-state index contributed by atoms with van der Waals surface area (Å²) >= 11 is 0. The number of anilines is 1. The molecule has 0 unspecified atom stereocenters. The number of hydrogen-bond donors (Lipinski definition) is 2. The van der Waals surface area contributed by atoms with Crippen LogP contribution in [0.5, 0.6) is 0 Å². The van der Waals surface area contributed by atoms with E-state index in [4.69, 9.17) is 5.73 Å². The molecule has 0 saturated heterocycles. The molecule has 0 fully saturated rings. The van der Waals surface area contributed by atoms with Crippen molar-refractivity contribution in [2.45, 2.75) is 31.7 Å². The number of nitrogens with zero attached hydrogens (tertiary/aromatic N) is 1. The maximum atomic E-state index is 12.5. The van der Waals surface area contributed by atoms with Crippen LogP contribution in [-0.4, -0.2) is 30.4 Å². The van der Waals surface area contributed by atoms with E-state index in [0.29, 0.717) is 13.0 Å². The quantitative estimate of drug-likeness (QED) is 0.540. The number of nitrogens with one attached hydrogen (secondary N) is 1. The van der Waals surface area contributed by atoms with E-state index in [1.807, 2.05) is 24.3 Å². The zero-order valence-electron chi connectivity index (χ0n) is 18.0. The molecule has 4 heteroatoms. The van der Waals surface area contributed by atoms with Crippen LogP contribution in [0, 0.1) is 0 Å². The molecule has 3 aromatic rings. The Kier molecular flexibility index (Phi) is 7.00. The van der Waals surface area contributed by atoms with Gasteiger partial charge in [-0.15, -0.1) is 0 Å². The summed E-state index contributed by atoms with van der Waals surface area (Å²) in [6.07, 6.45) is 2.40. The van der Waals surface area contributed by atoms with Crippen LogP contribution < -0.4 is 11.1 Å². The maximum absolute atomic E-state index is 12.5. The molecule has 0 atom stereocenters. The first-order chi connectivity index (χ1) is 15.2. The van der Waals surface area contributed by atoms with Gasteiger partial charge in [0.1, 0.15) is 0 Å². The minimum absolute atomic E-state index is 0.117. The largest absolute Gasteiger partial charge is 0.398 e. The van der Waals surface area contributed by atoms with Crippen LogP contribution in [0.3, 0.4) is 0 Å². The van der Waals surface area contributed by atoms with Crippen molar-refractivity contribution in [2.75, 3.05) is 25.4 Å². The number of nitrogen functional groups attached to an aromatic ring is 1. The average Bonchev–Trinajstić information content (AvgIpc) is 2.82. The number of hydrogen-bond acceptors (Lipinski definition) is 3. The second-order valence-electron chi connectivity index (χ2n) is 8.27. The van der Waals surface area contributed by atoms with Crippen LogP contribution >= 0.6 is 0 Å². The van der Waals surface area contributed by atoms with Crippen LogP contribution in [0.15, 0.2) is 78.9 Å². The normalized spacial score (nSPS) is 13.7. The van der Waals surface area contributed by atoms with Crippen LogP contribution in [0.1, 0.15) is 41.0 Å². The van der Waals surface area contributed by atoms with Gasteiger partial charge < -0.3 is 11.1 Å². The van der Waals surface area contributed by atoms with Gasteiger partial charge in [0.05, 0.1) is 0 Å². The fourth-order valence-corrected chi connectivity index (χ4v) is 4.45. The van der Waals surface area contributed by atoms with E-state index in [1.54, 1.807) is 0 Å². The molecule has 160 valence electrons. The van der Waals surface area contributed by atoms with Crippen molar-refractivity contribution in [3.8, 4) is 0 Å². The standard InChI is InChI=1S/C27H31N3O/c28-26-13-7-12-23-15-18-30(20-25(23)26)19-16-27(31)29-17-14-24(21-8-3-1-4-9-21)22-10-5-2-6-11-22/h1-13,24H,14-20,28H2,(H,29,31). The molecule has 3 N–H and O–H groups in total. The Balaban J connectivity index is 1.27. The fraction of sp³-hybridized carbons (Fsp3) is 0.296. The Hall–Kier alpha value is -3.11. The molecule has 3 aromatic carbocycles. The fourth-order valence-electron chi connectivity index (χ4n) is 4.45. The first-order valence-electron chi connectivity index (χ1n) is 11.2. The summed E-state index contributed by atoms with van der Waals surface area (Å²) < 4.78 is 0. The molecule has 0 radical (unpaired) electrons. The molecule has 0 spiro atoms. The van der Waals surface area contributed by atoms with Gasteiger partial charge in [0.15, 0.2) is 0 Å². The summed E-state index contributed by atoms with van der Waals surface area (Å²) in [5.74, 6) is 0.399. The number of carbonyl (C=O) groups is 1. The number of nitrogens with two attached hydrogens (primary N) is 1. The van der Waals surface area contributed by atoms with E-state index in [-0.39, 0.29) is 11.8 Å². The van der Waals surface area contributed by atoms with Gasteiger partial charge in [-0.05, 0) is 41.2 Å². The third-order valence-corrected chi connectivity index (χ3v) is 6.20. The Morgan fingerprint density at radius 1 is 0.935 bits per heavy atom. The summed E-state index contributed by atoms with van der Waals surface area (Å²) in [6.45, 7) is 3.25. The highest BCUT2D eigenvalue weighted by molar-refractivity contribution is 5.76. The van der Waals surface area contributed by atoms with E-state index < -0.39 is 0 Å². The van der Waals surface area contributed by atoms with E-state index >= 15 is 0 Å². The van der Waals surface area contributed by atoms with Crippen LogP contribution in [-0.2, 0) is 17.8 Å². The Labute approximate surface area is 185 Å². The van der Waals surface area contributed by atoms with Gasteiger partial charge in [0, 0.05) is 44.2 Å². The van der Waals surface area contributed by atoms with Gasteiger partial charge >= 0.3 is 0 Å². The molecule has 1 heterocycles. The lowest BCUT2D eigenvalue weighted by atomic mass is 9.88. The summed E-state index contributed by atoms with van der Waals surface area (Å²) in [7, 11) is 0. The number of amides is 1. The van der Waals surface area contributed by atoms with Crippen molar-refractivity contribution >= 4 is 11.6 Å². The highest BCUT2D eigenvalue weighted by Gasteiger charge is 2.19. The maximum Gasteiger partial charge on any atom is 0.221 e. The lowest BCUT2D eigenvalue weighted by Gasteiger charge is -2.29. The number of rotatable bonds is 8. The molecular formula is C27H31N3O. The first kappa shape index (κ1) is 21.1. The third kappa shape index (κ3) is 5.53. The molecule has 0 bridgehead atoms. The minimum atomic E-state index is 0.117. The number of benzene rings is 3. The number of carbonyl (C=O) groups excluding carboxylic acids is 1. The van der Waals surface area contributed by atoms with Crippen LogP contribution in [0.2, 0.25) is 0 Å². The predicted octanol–water partition coefficient (Wildman–Crippen LogP) is 4.36. The summed E-state index contributed by atoms with van der Waals surface area (Å²) in [6, 6.07) is 27.2. The molecule has 0 aliphatic carbocycles. The molecule has 0 aromatic heterocycles. The topological polar surface area (TPSA) is 58.4 Å². The third-order valence-electron chi connectivity index (χ3n) is 6.20. The van der Waals surface area contributed by atoms with Crippen molar-refractivity contribution in [2.24, 2.45) is 0 Å². The van der Waals surface area contributed by atoms with Gasteiger partial charge in [0.2, 0.25) is 5.91 Å². The van der Waals surface area contributed by atoms with Crippen molar-refractivity contribution in [1.82, 2.24) is 10.2 Å². The SMILES string of the molecule is Nc1cccc2c1CN(CCC(=O)NCCC(c1ccccc1)c1ccccc1)CC2. The van der Waals surface area contributed by atoms with Gasteiger partial charge in [-0.25, -0.2) is 0 Å². The van der Waals surface area contributed by atoms with E-state index in [0.717, 1.165) is 38.2 Å². The van der Waals surface area contributed by atoms with Gasteiger partial charge in [-0.2, -0.15) is 0 Å². The highest BCUT2D eigenvalue weighted by Crippen LogP contribution is 2.27. The summed E-state index contributed by atoms with van der Waals surface area (Å²) in [4.78, 5) is 14.8. The van der Waals surface area contributed by atoms with Gasteiger partial charge in [0.25, 0.3) is 0 Å². The van der Waals surface area contributed by atoms with E-state index in [1.165, 1.54) is 22.3 Å². The Morgan fingerprint density at radius 3 is 2.29 bits per heavy atom. The van der Waals surface area contributed by atoms with E-state index in [9.17, 15) is 4.79 Å². The molecule has 0 saturated carbocycles. The monoisotopic (exact) mass is 413 g/mol. The molecule has 31 heavy (non-hydrogen) atoms. The highest BCUT2D eigenvalue weighted by atomic mass is 16.1. The van der Waals surface area contributed by atoms with Crippen LogP contribution in [0.4, 0.5) is 5.69 Å². The molecular weight excluding hydrogens is 382 g/mol. The predicted molar refractivity (Wildman–Crippen MR) is 127 cm³/mol. The minimum Gasteiger partial charge on any atom is -0.398 e. The van der Waals surface area contributed by atoms with E-state index in [2.05, 4.69) is 64.8 Å². The zero-order chi connectivity index (χ0) is 21.5. The first-order valence-corrected chi connectivity index (χ1v) is 11.2. The Morgan fingerprint density at radius 2 is 1.61 bits per heavy atom. The average molecular weight is 414 g/mol. The van der Waals surface area contributed by atoms with Gasteiger partial charge in [-0.1, -0.05) is 72.8 Å². The summed E-state index contributed by atoms with van der Waals surface area (Å²) in [5.41, 5.74) is 12.1. The van der Waals surface area contributed by atoms with Crippen LogP contribution in [0.25, 0.3) is 0 Å². The summed E-state index contributed by atoms with van der Waals surface area (Å²) in [5, 5.41) is 3.13. The Bertz CT molecular complexity index is 948. The smallest absolute Gasteiger partial charge is 0.221 e.